The molecule has 220 valence electrons. The first-order chi connectivity index (χ1) is 21.9. The molecule has 2 aliphatic rings. The van der Waals surface area contributed by atoms with Gasteiger partial charge in [0.1, 0.15) is 6.04 Å². The Balaban J connectivity index is 1.51. The van der Waals surface area contributed by atoms with Gasteiger partial charge in [0.25, 0.3) is 0 Å². The molecule has 0 saturated carbocycles. The Kier molecular flexibility index (Phi) is 8.77. The molecule has 0 fully saturated rings. The molecular formula is C36H21Br4ClN4. The van der Waals surface area contributed by atoms with Crippen LogP contribution in [-0.4, -0.2) is 17.1 Å². The van der Waals surface area contributed by atoms with Crippen LogP contribution in [0.3, 0.4) is 0 Å². The summed E-state index contributed by atoms with van der Waals surface area (Å²) in [7, 11) is 0. The van der Waals surface area contributed by atoms with Gasteiger partial charge >= 0.3 is 0 Å². The van der Waals surface area contributed by atoms with E-state index in [0.717, 1.165) is 63.0 Å². The summed E-state index contributed by atoms with van der Waals surface area (Å²) in [6.45, 7) is 0. The van der Waals surface area contributed by atoms with E-state index in [9.17, 15) is 0 Å². The average Bonchev–Trinajstić information content (AvgIpc) is 3.66. The van der Waals surface area contributed by atoms with Crippen molar-refractivity contribution in [2.75, 3.05) is 4.90 Å². The van der Waals surface area contributed by atoms with Gasteiger partial charge < -0.3 is 4.90 Å². The Morgan fingerprint density at radius 1 is 0.511 bits per heavy atom. The van der Waals surface area contributed by atoms with Crippen LogP contribution in [0, 0.1) is 0 Å². The van der Waals surface area contributed by atoms with E-state index in [1.54, 1.807) is 0 Å². The molecule has 9 heteroatoms. The minimum atomic E-state index is -0.292. The lowest BCUT2D eigenvalue weighted by Crippen LogP contribution is -2.28. The fourth-order valence-electron chi connectivity index (χ4n) is 5.39. The minimum absolute atomic E-state index is 0.292. The standard InChI is InChI=1S/C36H21Br4ClN4/c37-25-13-5-21(6-14-25)31-32(22-7-15-26(38)16-8-22)43-35(42-31)36-44-33(23-9-17-27(39)18-10-23)34(24-11-19-28(40)20-12-24)45(36)30-4-2-1-3-29(30)41/h1-20,34H. The molecule has 0 amide bonds. The van der Waals surface area contributed by atoms with E-state index in [2.05, 4.69) is 92.9 Å². The van der Waals surface area contributed by atoms with Crippen LogP contribution < -0.4 is 4.90 Å². The Morgan fingerprint density at radius 2 is 0.956 bits per heavy atom. The summed E-state index contributed by atoms with van der Waals surface area (Å²) in [5, 5.41) is 0.609. The van der Waals surface area contributed by atoms with E-state index in [1.165, 1.54) is 0 Å². The molecule has 0 aliphatic carbocycles. The van der Waals surface area contributed by atoms with Crippen molar-refractivity contribution in [3.05, 3.63) is 178 Å². The van der Waals surface area contributed by atoms with E-state index in [4.69, 9.17) is 26.6 Å². The van der Waals surface area contributed by atoms with Gasteiger partial charge in [0.05, 0.1) is 27.8 Å². The van der Waals surface area contributed by atoms with Crippen LogP contribution in [0.5, 0.6) is 0 Å². The molecule has 2 heterocycles. The van der Waals surface area contributed by atoms with Crippen LogP contribution >= 0.6 is 75.3 Å². The maximum absolute atomic E-state index is 6.94. The van der Waals surface area contributed by atoms with Crippen LogP contribution in [-0.2, 0) is 0 Å². The van der Waals surface area contributed by atoms with Crippen molar-refractivity contribution in [2.45, 2.75) is 6.04 Å². The second-order valence-electron chi connectivity index (χ2n) is 10.4. The third-order valence-corrected chi connectivity index (χ3v) is 9.94. The number of hydrogen-bond donors (Lipinski definition) is 0. The fraction of sp³-hybridized carbons (Fsp3) is 0.0278. The number of nitrogens with zero attached hydrogens (tertiary/aromatic N) is 4. The number of halogens is 5. The molecule has 1 unspecified atom stereocenters. The largest absolute Gasteiger partial charge is 0.309 e. The molecule has 7 rings (SSSR count). The van der Waals surface area contributed by atoms with Crippen molar-refractivity contribution >= 4 is 98.1 Å². The zero-order chi connectivity index (χ0) is 31.1. The molecule has 5 aromatic carbocycles. The van der Waals surface area contributed by atoms with Gasteiger partial charge in [-0.05, 0) is 71.8 Å². The van der Waals surface area contributed by atoms with Crippen molar-refractivity contribution in [3.8, 4) is 0 Å². The molecule has 1 atom stereocenters. The highest BCUT2D eigenvalue weighted by Crippen LogP contribution is 2.45. The second kappa shape index (κ2) is 12.9. The summed E-state index contributed by atoms with van der Waals surface area (Å²) in [5.74, 6) is 1.13. The van der Waals surface area contributed by atoms with Crippen molar-refractivity contribution < 1.29 is 0 Å². The topological polar surface area (TPSA) is 40.3 Å². The minimum Gasteiger partial charge on any atom is -0.309 e. The van der Waals surface area contributed by atoms with Crippen LogP contribution in [0.2, 0.25) is 5.02 Å². The zero-order valence-corrected chi connectivity index (χ0v) is 30.4. The maximum Gasteiger partial charge on any atom is 0.197 e. The normalized spacial score (nSPS) is 16.2. The molecule has 2 aliphatic heterocycles. The quantitative estimate of drug-likeness (QED) is 0.174. The smallest absolute Gasteiger partial charge is 0.197 e. The summed E-state index contributed by atoms with van der Waals surface area (Å²) in [4.78, 5) is 17.9. The summed E-state index contributed by atoms with van der Waals surface area (Å²) >= 11 is 21.3. The third kappa shape index (κ3) is 6.19. The predicted molar refractivity (Wildman–Crippen MR) is 200 cm³/mol. The lowest BCUT2D eigenvalue weighted by Gasteiger charge is -2.29. The van der Waals surface area contributed by atoms with Crippen LogP contribution in [0.25, 0.3) is 0 Å². The lowest BCUT2D eigenvalue weighted by atomic mass is 9.96. The highest BCUT2D eigenvalue weighted by Gasteiger charge is 2.39. The molecule has 4 nitrogen and oxygen atoms in total. The molecule has 5 aromatic rings. The predicted octanol–water partition coefficient (Wildman–Crippen LogP) is 11.6. The van der Waals surface area contributed by atoms with Crippen molar-refractivity contribution in [1.82, 2.24) is 0 Å². The fourth-order valence-corrected chi connectivity index (χ4v) is 6.67. The van der Waals surface area contributed by atoms with E-state index < -0.39 is 0 Å². The lowest BCUT2D eigenvalue weighted by molar-refractivity contribution is 0.868. The monoisotopic (exact) mass is 860 g/mol. The highest BCUT2D eigenvalue weighted by molar-refractivity contribution is 9.11. The van der Waals surface area contributed by atoms with E-state index in [0.29, 0.717) is 16.7 Å². The first kappa shape index (κ1) is 30.5. The number of anilines is 1. The van der Waals surface area contributed by atoms with Crippen LogP contribution in [0.4, 0.5) is 5.69 Å². The van der Waals surface area contributed by atoms with Gasteiger partial charge in [-0.25, -0.2) is 15.0 Å². The first-order valence-corrected chi connectivity index (χ1v) is 17.5. The average molecular weight is 865 g/mol. The summed E-state index contributed by atoms with van der Waals surface area (Å²) in [6.07, 6.45) is 0. The number of para-hydroxylation sites is 1. The molecular weight excluding hydrogens is 843 g/mol. The molecule has 0 saturated heterocycles. The van der Waals surface area contributed by atoms with E-state index in [1.807, 2.05) is 97.1 Å². The Bertz CT molecular complexity index is 1970. The van der Waals surface area contributed by atoms with Crippen molar-refractivity contribution in [2.24, 2.45) is 15.0 Å². The van der Waals surface area contributed by atoms with Gasteiger partial charge in [-0.2, -0.15) is 0 Å². The van der Waals surface area contributed by atoms with Gasteiger partial charge in [-0.3, -0.25) is 0 Å². The number of hydrogen-bond acceptors (Lipinski definition) is 4. The van der Waals surface area contributed by atoms with Gasteiger partial charge in [0.2, 0.25) is 0 Å². The van der Waals surface area contributed by atoms with E-state index >= 15 is 0 Å². The Hall–Kier alpha value is -3.14. The number of aliphatic imine (C=N–C) groups is 3. The number of rotatable bonds is 5. The Morgan fingerprint density at radius 3 is 1.44 bits per heavy atom. The zero-order valence-electron chi connectivity index (χ0n) is 23.3. The summed E-state index contributed by atoms with van der Waals surface area (Å²) < 4.78 is 3.98. The maximum atomic E-state index is 6.94. The van der Waals surface area contributed by atoms with Gasteiger partial charge in [0, 0.05) is 29.0 Å². The first-order valence-electron chi connectivity index (χ1n) is 13.9. The van der Waals surface area contributed by atoms with Crippen molar-refractivity contribution in [3.63, 3.8) is 0 Å². The molecule has 0 spiro atoms. The van der Waals surface area contributed by atoms with Gasteiger partial charge in [-0.1, -0.05) is 136 Å². The molecule has 0 N–H and O–H groups in total. The molecule has 0 bridgehead atoms. The Labute approximate surface area is 299 Å². The third-order valence-electron chi connectivity index (χ3n) is 7.50. The molecule has 0 aromatic heterocycles. The molecule has 45 heavy (non-hydrogen) atoms. The summed E-state index contributed by atoms with van der Waals surface area (Å²) in [5.41, 5.74) is 7.21. The van der Waals surface area contributed by atoms with Crippen LogP contribution in [0.1, 0.15) is 28.3 Å². The van der Waals surface area contributed by atoms with E-state index in [-0.39, 0.29) is 6.04 Å². The number of benzene rings is 5. The SMILES string of the molecule is Clc1ccccc1N1C(=C2N=C(c3ccc(Br)cc3)C(c3ccc(Br)cc3)=N2)N=C(c2ccc(Br)cc2)C1c1ccc(Br)cc1. The second-order valence-corrected chi connectivity index (χ2v) is 14.4. The van der Waals surface area contributed by atoms with Gasteiger partial charge in [0.15, 0.2) is 11.6 Å². The highest BCUT2D eigenvalue weighted by atomic mass is 79.9. The van der Waals surface area contributed by atoms with Crippen LogP contribution in [0.15, 0.2) is 166 Å². The summed E-state index contributed by atoms with van der Waals surface area (Å²) in [6, 6.07) is 40.3. The molecule has 0 radical (unpaired) electrons. The van der Waals surface area contributed by atoms with Crippen molar-refractivity contribution in [1.29, 1.82) is 0 Å². The van der Waals surface area contributed by atoms with Gasteiger partial charge in [-0.15, -0.1) is 0 Å².